The molecule has 1 aromatic rings. The van der Waals surface area contributed by atoms with Gasteiger partial charge >= 0.3 is 5.97 Å². The maximum absolute atomic E-state index is 12.3. The van der Waals surface area contributed by atoms with E-state index in [1.807, 2.05) is 0 Å². The molecule has 5 nitrogen and oxygen atoms in total. The number of nitrogens with zero attached hydrogens (tertiary/aromatic N) is 1. The van der Waals surface area contributed by atoms with Gasteiger partial charge in [-0.1, -0.05) is 0 Å². The topological polar surface area (TPSA) is 76.0 Å². The number of phenolic OH excluding ortho intramolecular Hbond substituents is 1. The minimum atomic E-state index is -3.59. The van der Waals surface area contributed by atoms with Gasteiger partial charge in [0.1, 0.15) is 11.3 Å². The molecule has 0 radical (unpaired) electrons. The van der Waals surface area contributed by atoms with E-state index in [9.17, 15) is 14.7 Å². The van der Waals surface area contributed by atoms with Crippen molar-refractivity contribution in [1.29, 1.82) is 0 Å². The molecule has 0 unspecified atom stereocenters. The van der Waals surface area contributed by atoms with Crippen molar-refractivity contribution < 1.29 is 31.8 Å². The molecule has 1 aromatic carbocycles. The molecule has 0 fully saturated rings. The number of ether oxygens (including phenoxy) is 1. The maximum Gasteiger partial charge on any atom is 0.341 e. The molecule has 0 bridgehead atoms. The monoisotopic (exact) mass is 272 g/mol. The number of hydrogen-bond donors (Lipinski definition) is 1. The van der Waals surface area contributed by atoms with Gasteiger partial charge in [0.25, 0.3) is 0 Å². The fourth-order valence-electron chi connectivity index (χ4n) is 1.19. The molecule has 0 aromatic heterocycles. The lowest BCUT2D eigenvalue weighted by Gasteiger charge is -2.10. The number of Topliss-reactive ketones (excluding diaryl/α,β-unsaturated/α-hetero) is 1. The molecule has 0 amide bonds. The highest BCUT2D eigenvalue weighted by atomic mass is 16.5. The summed E-state index contributed by atoms with van der Waals surface area (Å²) in [4.78, 5) is 27.1. The van der Waals surface area contributed by atoms with Crippen LogP contribution in [-0.2, 0) is 4.74 Å². The van der Waals surface area contributed by atoms with Crippen LogP contribution in [0.25, 0.3) is 0 Å². The average Bonchev–Trinajstić information content (AvgIpc) is 2.50. The number of carbonyl (C=O) groups excluding carboxylic acids is 2. The van der Waals surface area contributed by atoms with Crippen LogP contribution in [0.2, 0.25) is 0 Å². The van der Waals surface area contributed by atoms with Gasteiger partial charge in [0.15, 0.2) is 0 Å². The Balaban J connectivity index is 3.51. The predicted molar refractivity (Wildman–Crippen MR) is 72.0 cm³/mol. The van der Waals surface area contributed by atoms with Gasteiger partial charge in [-0.15, -0.1) is 0 Å². The number of aliphatic imine (C=N–C) groups is 1. The number of benzene rings is 1. The van der Waals surface area contributed by atoms with Gasteiger partial charge in [-0.25, -0.2) is 4.79 Å². The minimum Gasteiger partial charge on any atom is -0.507 e. The van der Waals surface area contributed by atoms with E-state index in [1.165, 1.54) is 0 Å². The molecule has 0 aliphatic carbocycles. The molecule has 5 heteroatoms. The molecule has 19 heavy (non-hydrogen) atoms. The SMILES string of the molecule is [2H]C([2H])([2H])C(N=CC(=O)c1ccc(O)c(C(=O)OC)c1)(C([2H])([2H])[2H])C([2H])([2H])[2H]. The lowest BCUT2D eigenvalue weighted by atomic mass is 10.1. The minimum absolute atomic E-state index is 0.276. The summed E-state index contributed by atoms with van der Waals surface area (Å²) in [5.41, 5.74) is -4.20. The Morgan fingerprint density at radius 3 is 2.68 bits per heavy atom. The number of esters is 1. The Morgan fingerprint density at radius 2 is 2.11 bits per heavy atom. The zero-order valence-corrected chi connectivity index (χ0v) is 9.93. The van der Waals surface area contributed by atoms with Crippen molar-refractivity contribution in [1.82, 2.24) is 0 Å². The first-order chi connectivity index (χ1) is 12.5. The van der Waals surface area contributed by atoms with Gasteiger partial charge in [-0.2, -0.15) is 0 Å². The van der Waals surface area contributed by atoms with Crippen molar-refractivity contribution in [2.45, 2.75) is 26.1 Å². The Morgan fingerprint density at radius 1 is 1.42 bits per heavy atom. The van der Waals surface area contributed by atoms with E-state index in [4.69, 9.17) is 12.3 Å². The molecule has 0 heterocycles. The van der Waals surface area contributed by atoms with Gasteiger partial charge in [0, 0.05) is 17.9 Å². The number of hydrogen-bond acceptors (Lipinski definition) is 5. The van der Waals surface area contributed by atoms with E-state index >= 15 is 0 Å². The Kier molecular flexibility index (Phi) is 1.88. The third-order valence-corrected chi connectivity index (χ3v) is 2.06. The summed E-state index contributed by atoms with van der Waals surface area (Å²) < 4.78 is 71.3. The van der Waals surface area contributed by atoms with Crippen LogP contribution >= 0.6 is 0 Å². The summed E-state index contributed by atoms with van der Waals surface area (Å²) in [6.45, 7) is -10.8. The van der Waals surface area contributed by atoms with Crippen molar-refractivity contribution in [2.24, 2.45) is 4.99 Å². The number of carbonyl (C=O) groups is 2. The van der Waals surface area contributed by atoms with Crippen LogP contribution in [0.5, 0.6) is 5.75 Å². The molecule has 0 spiro atoms. The molecule has 0 aliphatic rings. The fraction of sp³-hybridized carbons (Fsp3) is 0.357. The molecular formula is C14H17NO4. The third-order valence-electron chi connectivity index (χ3n) is 2.06. The molecule has 0 saturated carbocycles. The Labute approximate surface area is 124 Å². The van der Waals surface area contributed by atoms with E-state index in [0.717, 1.165) is 25.3 Å². The predicted octanol–water partition coefficient (Wildman–Crippen LogP) is 2.23. The summed E-state index contributed by atoms with van der Waals surface area (Å²) in [6.07, 6.45) is 0.276. The lowest BCUT2D eigenvalue weighted by molar-refractivity contribution is 0.0597. The molecule has 0 aliphatic heterocycles. The zero-order valence-electron chi connectivity index (χ0n) is 18.9. The summed E-state index contributed by atoms with van der Waals surface area (Å²) in [5, 5.41) is 9.63. The smallest absolute Gasteiger partial charge is 0.341 e. The van der Waals surface area contributed by atoms with Crippen molar-refractivity contribution in [3.63, 3.8) is 0 Å². The van der Waals surface area contributed by atoms with Gasteiger partial charge < -0.3 is 9.84 Å². The quantitative estimate of drug-likeness (QED) is 0.520. The number of rotatable bonds is 3. The molecule has 0 atom stereocenters. The van der Waals surface area contributed by atoms with Crippen LogP contribution in [0.4, 0.5) is 0 Å². The summed E-state index contributed by atoms with van der Waals surface area (Å²) in [6, 6.07) is 2.95. The average molecular weight is 272 g/mol. The second-order valence-corrected chi connectivity index (χ2v) is 3.56. The van der Waals surface area contributed by atoms with Crippen LogP contribution in [-0.4, -0.2) is 35.7 Å². The number of ketones is 1. The first kappa shape index (κ1) is 6.32. The first-order valence-electron chi connectivity index (χ1n) is 9.50. The summed E-state index contributed by atoms with van der Waals surface area (Å²) in [7, 11) is 1.04. The highest BCUT2D eigenvalue weighted by Crippen LogP contribution is 2.19. The van der Waals surface area contributed by atoms with E-state index < -0.39 is 43.6 Å². The summed E-state index contributed by atoms with van der Waals surface area (Å²) >= 11 is 0. The van der Waals surface area contributed by atoms with E-state index in [-0.39, 0.29) is 17.3 Å². The van der Waals surface area contributed by atoms with Crippen LogP contribution in [0, 0.1) is 0 Å². The van der Waals surface area contributed by atoms with Crippen LogP contribution in [0.15, 0.2) is 23.2 Å². The second-order valence-electron chi connectivity index (χ2n) is 3.56. The standard InChI is InChI=1S/C14H17NO4/c1-14(2,3)15-8-12(17)9-5-6-11(16)10(7-9)13(18)19-4/h5-8,16H,1-4H3/i1D3,2D3,3D3. The molecule has 102 valence electrons. The number of phenols is 1. The lowest BCUT2D eigenvalue weighted by Crippen LogP contribution is -2.13. The molecule has 1 rings (SSSR count). The van der Waals surface area contributed by atoms with Crippen LogP contribution in [0.1, 0.15) is 53.6 Å². The van der Waals surface area contributed by atoms with Crippen LogP contribution in [0.3, 0.4) is 0 Å². The van der Waals surface area contributed by atoms with Gasteiger partial charge in [0.2, 0.25) is 5.78 Å². The van der Waals surface area contributed by atoms with Crippen molar-refractivity contribution in [3.8, 4) is 5.75 Å². The summed E-state index contributed by atoms with van der Waals surface area (Å²) in [5.74, 6) is -2.54. The molecule has 0 saturated heterocycles. The number of methoxy groups -OCH3 is 1. The third kappa shape index (κ3) is 4.21. The normalized spacial score (nSPS) is 20.6. The number of aromatic hydroxyl groups is 1. The Bertz CT molecular complexity index is 757. The van der Waals surface area contributed by atoms with Crippen molar-refractivity contribution in [3.05, 3.63) is 29.3 Å². The van der Waals surface area contributed by atoms with E-state index in [1.54, 1.807) is 0 Å². The van der Waals surface area contributed by atoms with Gasteiger partial charge in [-0.3, -0.25) is 9.79 Å². The zero-order chi connectivity index (χ0) is 22.1. The largest absolute Gasteiger partial charge is 0.507 e. The van der Waals surface area contributed by atoms with Crippen molar-refractivity contribution in [2.75, 3.05) is 7.11 Å². The maximum atomic E-state index is 12.3. The van der Waals surface area contributed by atoms with Gasteiger partial charge in [-0.05, 0) is 38.8 Å². The van der Waals surface area contributed by atoms with Crippen molar-refractivity contribution >= 4 is 18.0 Å². The van der Waals surface area contributed by atoms with Gasteiger partial charge in [0.05, 0.1) is 18.9 Å². The van der Waals surface area contributed by atoms with Crippen LogP contribution < -0.4 is 0 Å². The highest BCUT2D eigenvalue weighted by molar-refractivity contribution is 6.35. The molecule has 1 N–H and O–H groups in total. The van der Waals surface area contributed by atoms with E-state index in [2.05, 4.69) is 9.73 Å². The molecular weight excluding hydrogens is 246 g/mol. The fourth-order valence-corrected chi connectivity index (χ4v) is 1.19. The van der Waals surface area contributed by atoms with E-state index in [0.29, 0.717) is 0 Å². The highest BCUT2D eigenvalue weighted by Gasteiger charge is 2.15. The second kappa shape index (κ2) is 5.65. The first-order valence-corrected chi connectivity index (χ1v) is 5.00. The Hall–Kier alpha value is -2.17.